The Morgan fingerprint density at radius 2 is 2.35 bits per heavy atom. The molecule has 1 aromatic carbocycles. The van der Waals surface area contributed by atoms with Gasteiger partial charge in [0, 0.05) is 13.1 Å². The lowest BCUT2D eigenvalue weighted by molar-refractivity contribution is -0.142. The second kappa shape index (κ2) is 4.57. The lowest BCUT2D eigenvalue weighted by atomic mass is 9.86. The summed E-state index contributed by atoms with van der Waals surface area (Å²) in [6.07, 6.45) is 1.02. The minimum Gasteiger partial charge on any atom is -0.273 e. The van der Waals surface area contributed by atoms with E-state index < -0.39 is 5.41 Å². The van der Waals surface area contributed by atoms with Crippen LogP contribution in [0.3, 0.4) is 0 Å². The highest BCUT2D eigenvalue weighted by Crippen LogP contribution is 2.43. The molecule has 2 aliphatic rings. The maximum Gasteiger partial charge on any atom is 0.245 e. The summed E-state index contributed by atoms with van der Waals surface area (Å²) in [5, 5.41) is 12.6. The summed E-state index contributed by atoms with van der Waals surface area (Å²) in [5.41, 5.74) is 0.183. The molecule has 5 heteroatoms. The topological polar surface area (TPSA) is 47.3 Å². The number of rotatable bonds is 2. The Hall–Kier alpha value is -1.93. The maximum atomic E-state index is 13.4. The number of hydrazine groups is 1. The Labute approximate surface area is 117 Å². The van der Waals surface area contributed by atoms with Crippen LogP contribution in [0.4, 0.5) is 4.39 Å². The van der Waals surface area contributed by atoms with Crippen LogP contribution in [0, 0.1) is 22.6 Å². The van der Waals surface area contributed by atoms with Crippen LogP contribution < -0.4 is 0 Å². The Morgan fingerprint density at radius 1 is 1.55 bits per heavy atom. The van der Waals surface area contributed by atoms with Crippen molar-refractivity contribution in [3.8, 4) is 6.07 Å². The van der Waals surface area contributed by atoms with Crippen LogP contribution in [0.5, 0.6) is 0 Å². The molecule has 2 fully saturated rings. The highest BCUT2D eigenvalue weighted by Gasteiger charge is 2.52. The number of carbonyl (C=O) groups is 1. The summed E-state index contributed by atoms with van der Waals surface area (Å²) in [4.78, 5) is 12.6. The van der Waals surface area contributed by atoms with Crippen molar-refractivity contribution in [2.24, 2.45) is 5.41 Å². The molecule has 0 aliphatic carbocycles. The van der Waals surface area contributed by atoms with Gasteiger partial charge in [-0.15, -0.1) is 0 Å². The van der Waals surface area contributed by atoms with Gasteiger partial charge in [0.25, 0.3) is 0 Å². The van der Waals surface area contributed by atoms with Crippen LogP contribution in [0.15, 0.2) is 24.3 Å². The van der Waals surface area contributed by atoms with E-state index in [4.69, 9.17) is 5.26 Å². The van der Waals surface area contributed by atoms with Gasteiger partial charge in [0.2, 0.25) is 5.91 Å². The van der Waals surface area contributed by atoms with Crippen LogP contribution in [-0.4, -0.2) is 29.0 Å². The van der Waals surface area contributed by atoms with Gasteiger partial charge in [-0.05, 0) is 31.0 Å². The molecule has 0 spiro atoms. The van der Waals surface area contributed by atoms with Crippen molar-refractivity contribution in [3.05, 3.63) is 35.6 Å². The molecule has 0 aromatic heterocycles. The molecule has 2 aliphatic heterocycles. The normalized spacial score (nSPS) is 29.6. The third-order valence-corrected chi connectivity index (χ3v) is 4.22. The molecule has 4 nitrogen and oxygen atoms in total. The van der Waals surface area contributed by atoms with Crippen molar-refractivity contribution in [3.63, 3.8) is 0 Å². The van der Waals surface area contributed by atoms with Crippen molar-refractivity contribution in [2.75, 3.05) is 13.1 Å². The minimum atomic E-state index is -0.638. The summed E-state index contributed by atoms with van der Waals surface area (Å²) in [5.74, 6) is -0.307. The number of nitrogens with zero attached hydrogens (tertiary/aromatic N) is 3. The second-order valence-corrected chi connectivity index (χ2v) is 5.79. The molecule has 0 radical (unpaired) electrons. The molecule has 2 saturated heterocycles. The van der Waals surface area contributed by atoms with E-state index in [9.17, 15) is 9.18 Å². The molecular weight excluding hydrogens is 257 g/mol. The molecule has 1 unspecified atom stereocenters. The molecular formula is C15H16FN3O. The first-order valence-corrected chi connectivity index (χ1v) is 6.76. The van der Waals surface area contributed by atoms with Crippen LogP contribution in [0.2, 0.25) is 0 Å². The molecule has 2 heterocycles. The first-order chi connectivity index (χ1) is 9.55. The zero-order chi connectivity index (χ0) is 14.3. The van der Waals surface area contributed by atoms with E-state index in [0.717, 1.165) is 18.5 Å². The fourth-order valence-electron chi connectivity index (χ4n) is 3.20. The van der Waals surface area contributed by atoms with Crippen molar-refractivity contribution in [1.82, 2.24) is 10.0 Å². The van der Waals surface area contributed by atoms with E-state index in [1.807, 2.05) is 18.0 Å². The predicted octanol–water partition coefficient (Wildman–Crippen LogP) is 2.25. The smallest absolute Gasteiger partial charge is 0.245 e. The number of amides is 1. The van der Waals surface area contributed by atoms with Gasteiger partial charge in [-0.3, -0.25) is 9.80 Å². The molecule has 20 heavy (non-hydrogen) atoms. The van der Waals surface area contributed by atoms with Crippen LogP contribution >= 0.6 is 0 Å². The van der Waals surface area contributed by atoms with E-state index in [-0.39, 0.29) is 24.2 Å². The Kier molecular flexibility index (Phi) is 2.98. The Balaban J connectivity index is 1.91. The second-order valence-electron chi connectivity index (χ2n) is 5.79. The lowest BCUT2D eigenvalue weighted by Crippen LogP contribution is -2.36. The molecule has 2 atom stereocenters. The van der Waals surface area contributed by atoms with Crippen molar-refractivity contribution < 1.29 is 9.18 Å². The van der Waals surface area contributed by atoms with Crippen LogP contribution in [0.1, 0.15) is 31.4 Å². The van der Waals surface area contributed by atoms with E-state index in [2.05, 4.69) is 6.07 Å². The Bertz CT molecular complexity index is 597. The van der Waals surface area contributed by atoms with E-state index >= 15 is 0 Å². The largest absolute Gasteiger partial charge is 0.273 e. The molecule has 0 bridgehead atoms. The lowest BCUT2D eigenvalue weighted by Gasteiger charge is -2.26. The number of hydrogen-bond donors (Lipinski definition) is 0. The first kappa shape index (κ1) is 13.1. The van der Waals surface area contributed by atoms with Crippen LogP contribution in [-0.2, 0) is 4.79 Å². The molecule has 1 amide bonds. The van der Waals surface area contributed by atoms with Crippen molar-refractivity contribution >= 4 is 5.91 Å². The molecule has 0 saturated carbocycles. The monoisotopic (exact) mass is 273 g/mol. The van der Waals surface area contributed by atoms with E-state index in [1.54, 1.807) is 11.1 Å². The highest BCUT2D eigenvalue weighted by atomic mass is 19.1. The SMILES string of the molecule is CC1(CC#N)CN2CC[C@@H](c3cccc(F)c3)N2C1=O. The van der Waals surface area contributed by atoms with Gasteiger partial charge < -0.3 is 0 Å². The van der Waals surface area contributed by atoms with E-state index in [0.29, 0.717) is 6.54 Å². The van der Waals surface area contributed by atoms with Gasteiger partial charge in [-0.1, -0.05) is 12.1 Å². The molecule has 104 valence electrons. The van der Waals surface area contributed by atoms with Gasteiger partial charge in [-0.2, -0.15) is 5.26 Å². The van der Waals surface area contributed by atoms with Gasteiger partial charge in [0.1, 0.15) is 5.82 Å². The van der Waals surface area contributed by atoms with E-state index in [1.165, 1.54) is 12.1 Å². The third-order valence-electron chi connectivity index (χ3n) is 4.22. The quantitative estimate of drug-likeness (QED) is 0.830. The average molecular weight is 273 g/mol. The van der Waals surface area contributed by atoms with Crippen molar-refractivity contribution in [2.45, 2.75) is 25.8 Å². The standard InChI is InChI=1S/C15H16FN3O/c1-15(6-7-17)10-18-8-5-13(19(18)14(15)20)11-3-2-4-12(16)9-11/h2-4,9,13H,5-6,8,10H2,1H3/t13-,15?/m0/s1. The number of fused-ring (bicyclic) bond motifs is 1. The third kappa shape index (κ3) is 1.88. The zero-order valence-electron chi connectivity index (χ0n) is 11.3. The zero-order valence-corrected chi connectivity index (χ0v) is 11.3. The molecule has 1 aromatic rings. The predicted molar refractivity (Wildman–Crippen MR) is 70.5 cm³/mol. The fraction of sp³-hybridized carbons (Fsp3) is 0.467. The fourth-order valence-corrected chi connectivity index (χ4v) is 3.20. The minimum absolute atomic E-state index is 0.0224. The summed E-state index contributed by atoms with van der Waals surface area (Å²) in [6, 6.07) is 8.40. The Morgan fingerprint density at radius 3 is 3.05 bits per heavy atom. The first-order valence-electron chi connectivity index (χ1n) is 6.76. The van der Waals surface area contributed by atoms with Gasteiger partial charge in [-0.25, -0.2) is 9.40 Å². The van der Waals surface area contributed by atoms with Gasteiger partial charge >= 0.3 is 0 Å². The number of carbonyl (C=O) groups excluding carboxylic acids is 1. The maximum absolute atomic E-state index is 13.4. The summed E-state index contributed by atoms with van der Waals surface area (Å²) >= 11 is 0. The highest BCUT2D eigenvalue weighted by molar-refractivity contribution is 5.85. The number of halogens is 1. The van der Waals surface area contributed by atoms with Gasteiger partial charge in [0.15, 0.2) is 0 Å². The molecule has 0 N–H and O–H groups in total. The van der Waals surface area contributed by atoms with Crippen molar-refractivity contribution in [1.29, 1.82) is 5.26 Å². The van der Waals surface area contributed by atoms with Gasteiger partial charge in [0.05, 0.1) is 23.9 Å². The molecule has 3 rings (SSSR count). The summed E-state index contributed by atoms with van der Waals surface area (Å²) in [6.45, 7) is 3.18. The van der Waals surface area contributed by atoms with Crippen LogP contribution in [0.25, 0.3) is 0 Å². The summed E-state index contributed by atoms with van der Waals surface area (Å²) in [7, 11) is 0. The number of benzene rings is 1. The number of hydrogen-bond acceptors (Lipinski definition) is 3. The average Bonchev–Trinajstić information content (AvgIpc) is 2.90. The summed E-state index contributed by atoms with van der Waals surface area (Å²) < 4.78 is 13.4. The number of nitriles is 1.